The SMILES string of the molecule is CCC(C(=O)NC1CCCCC1)N(Cc1ccc(Cl)c(Cl)c1)C(=O)CN(c1ccccc1OC)S(=O)(=O)c1ccc(OC)cc1. The summed E-state index contributed by atoms with van der Waals surface area (Å²) < 4.78 is 40.1. The number of carbonyl (C=O) groups is 2. The monoisotopic (exact) mass is 675 g/mol. The van der Waals surface area contributed by atoms with E-state index in [4.69, 9.17) is 32.7 Å². The predicted molar refractivity (Wildman–Crippen MR) is 177 cm³/mol. The largest absolute Gasteiger partial charge is 0.497 e. The van der Waals surface area contributed by atoms with E-state index in [0.717, 1.165) is 36.4 Å². The summed E-state index contributed by atoms with van der Waals surface area (Å²) in [7, 11) is -1.37. The molecule has 242 valence electrons. The standard InChI is InChI=1S/C33H39Cl2N3O6S/c1-4-29(33(40)36-24-10-6-5-7-11-24)37(21-23-14-19-27(34)28(35)20-23)32(39)22-38(30-12-8-9-13-31(30)44-3)45(41,42)26-17-15-25(43-2)16-18-26/h8-9,12-20,24,29H,4-7,10-11,21-22H2,1-3H3,(H,36,40). The predicted octanol–water partition coefficient (Wildman–Crippen LogP) is 6.46. The second-order valence-corrected chi connectivity index (χ2v) is 13.6. The van der Waals surface area contributed by atoms with Gasteiger partial charge in [0.05, 0.1) is 34.8 Å². The molecular weight excluding hydrogens is 637 g/mol. The average Bonchev–Trinajstić information content (AvgIpc) is 3.05. The van der Waals surface area contributed by atoms with Crippen LogP contribution in [0, 0.1) is 0 Å². The Morgan fingerprint density at radius 2 is 1.62 bits per heavy atom. The van der Waals surface area contributed by atoms with E-state index in [-0.39, 0.29) is 34.8 Å². The first-order valence-corrected chi connectivity index (χ1v) is 17.1. The number of nitrogens with one attached hydrogen (secondary N) is 1. The quantitative estimate of drug-likeness (QED) is 0.223. The molecule has 4 rings (SSSR count). The van der Waals surface area contributed by atoms with Crippen LogP contribution < -0.4 is 19.1 Å². The van der Waals surface area contributed by atoms with Crippen molar-refractivity contribution in [2.75, 3.05) is 25.1 Å². The van der Waals surface area contributed by atoms with Gasteiger partial charge in [-0.3, -0.25) is 13.9 Å². The van der Waals surface area contributed by atoms with Gasteiger partial charge in [-0.1, -0.05) is 67.6 Å². The van der Waals surface area contributed by atoms with Gasteiger partial charge < -0.3 is 19.7 Å². The van der Waals surface area contributed by atoms with Crippen LogP contribution in [0.5, 0.6) is 11.5 Å². The molecule has 1 aliphatic carbocycles. The average molecular weight is 677 g/mol. The van der Waals surface area contributed by atoms with Gasteiger partial charge in [-0.15, -0.1) is 0 Å². The van der Waals surface area contributed by atoms with E-state index in [1.54, 1.807) is 42.5 Å². The highest BCUT2D eigenvalue weighted by atomic mass is 35.5. The number of para-hydroxylation sites is 2. The van der Waals surface area contributed by atoms with E-state index in [2.05, 4.69) is 5.32 Å². The van der Waals surface area contributed by atoms with Crippen LogP contribution in [0.15, 0.2) is 71.6 Å². The zero-order valence-corrected chi connectivity index (χ0v) is 28.0. The number of hydrogen-bond acceptors (Lipinski definition) is 6. The number of rotatable bonds is 13. The minimum Gasteiger partial charge on any atom is -0.497 e. The summed E-state index contributed by atoms with van der Waals surface area (Å²) >= 11 is 12.5. The maximum Gasteiger partial charge on any atom is 0.264 e. The number of methoxy groups -OCH3 is 2. The van der Waals surface area contributed by atoms with E-state index >= 15 is 0 Å². The molecule has 45 heavy (non-hydrogen) atoms. The lowest BCUT2D eigenvalue weighted by atomic mass is 9.95. The third-order valence-electron chi connectivity index (χ3n) is 7.95. The number of hydrogen-bond donors (Lipinski definition) is 1. The fourth-order valence-corrected chi connectivity index (χ4v) is 7.27. The molecule has 0 radical (unpaired) electrons. The molecule has 3 aromatic rings. The molecule has 1 aliphatic rings. The summed E-state index contributed by atoms with van der Waals surface area (Å²) in [6.45, 7) is 1.24. The Morgan fingerprint density at radius 1 is 0.933 bits per heavy atom. The van der Waals surface area contributed by atoms with Crippen LogP contribution in [0.1, 0.15) is 51.0 Å². The van der Waals surface area contributed by atoms with Crippen LogP contribution in [0.2, 0.25) is 10.0 Å². The van der Waals surface area contributed by atoms with Crippen molar-refractivity contribution in [3.8, 4) is 11.5 Å². The van der Waals surface area contributed by atoms with Gasteiger partial charge in [0.25, 0.3) is 10.0 Å². The Morgan fingerprint density at radius 3 is 2.24 bits per heavy atom. The van der Waals surface area contributed by atoms with Crippen molar-refractivity contribution in [3.63, 3.8) is 0 Å². The molecule has 0 spiro atoms. The molecule has 0 saturated heterocycles. The highest BCUT2D eigenvalue weighted by molar-refractivity contribution is 7.92. The number of halogens is 2. The Balaban J connectivity index is 1.75. The fourth-order valence-electron chi connectivity index (χ4n) is 5.52. The summed E-state index contributed by atoms with van der Waals surface area (Å²) in [6, 6.07) is 16.6. The molecule has 0 aliphatic heterocycles. The second kappa shape index (κ2) is 15.7. The summed E-state index contributed by atoms with van der Waals surface area (Å²) in [5, 5.41) is 3.80. The van der Waals surface area contributed by atoms with Gasteiger partial charge in [0.1, 0.15) is 24.1 Å². The van der Waals surface area contributed by atoms with Gasteiger partial charge in [-0.25, -0.2) is 8.42 Å². The van der Waals surface area contributed by atoms with Gasteiger partial charge in [0, 0.05) is 12.6 Å². The first-order chi connectivity index (χ1) is 21.6. The molecular formula is C33H39Cl2N3O6S. The molecule has 0 aromatic heterocycles. The van der Waals surface area contributed by atoms with Gasteiger partial charge in [-0.05, 0) is 73.4 Å². The normalized spacial score (nSPS) is 14.3. The molecule has 3 aromatic carbocycles. The van der Waals surface area contributed by atoms with E-state index in [9.17, 15) is 18.0 Å². The van der Waals surface area contributed by atoms with Gasteiger partial charge >= 0.3 is 0 Å². The zero-order chi connectivity index (χ0) is 32.6. The van der Waals surface area contributed by atoms with E-state index in [1.807, 2.05) is 6.92 Å². The number of carbonyl (C=O) groups excluding carboxylic acids is 2. The third-order valence-corrected chi connectivity index (χ3v) is 10.5. The molecule has 1 fully saturated rings. The Kier molecular flexibility index (Phi) is 12.0. The Hall–Kier alpha value is -3.47. The van der Waals surface area contributed by atoms with E-state index in [0.29, 0.717) is 27.8 Å². The molecule has 1 atom stereocenters. The van der Waals surface area contributed by atoms with Crippen LogP contribution in [0.25, 0.3) is 0 Å². The van der Waals surface area contributed by atoms with Crippen molar-refractivity contribution in [1.82, 2.24) is 10.2 Å². The van der Waals surface area contributed by atoms with Gasteiger partial charge in [0.2, 0.25) is 11.8 Å². The number of benzene rings is 3. The lowest BCUT2D eigenvalue weighted by Gasteiger charge is -2.34. The number of ether oxygens (including phenoxy) is 2. The Labute approximate surface area is 275 Å². The molecule has 1 saturated carbocycles. The number of sulfonamides is 1. The lowest BCUT2D eigenvalue weighted by molar-refractivity contribution is -0.140. The summed E-state index contributed by atoms with van der Waals surface area (Å²) in [5.74, 6) is -0.105. The summed E-state index contributed by atoms with van der Waals surface area (Å²) in [6.07, 6.45) is 5.27. The molecule has 1 unspecified atom stereocenters. The molecule has 0 heterocycles. The lowest BCUT2D eigenvalue weighted by Crippen LogP contribution is -2.54. The van der Waals surface area contributed by atoms with Crippen LogP contribution >= 0.6 is 23.2 Å². The van der Waals surface area contributed by atoms with Crippen LogP contribution in [-0.4, -0.2) is 58.0 Å². The van der Waals surface area contributed by atoms with Crippen molar-refractivity contribution < 1.29 is 27.5 Å². The third kappa shape index (κ3) is 8.42. The first-order valence-electron chi connectivity index (χ1n) is 14.9. The van der Waals surface area contributed by atoms with E-state index < -0.39 is 28.5 Å². The van der Waals surface area contributed by atoms with Crippen LogP contribution in [0.3, 0.4) is 0 Å². The van der Waals surface area contributed by atoms with Crippen molar-refractivity contribution in [2.45, 2.75) is 69.0 Å². The molecule has 9 nitrogen and oxygen atoms in total. The van der Waals surface area contributed by atoms with Crippen LogP contribution in [-0.2, 0) is 26.2 Å². The molecule has 12 heteroatoms. The number of amides is 2. The zero-order valence-electron chi connectivity index (χ0n) is 25.7. The number of anilines is 1. The minimum absolute atomic E-state index is 0.00859. The van der Waals surface area contributed by atoms with Crippen molar-refractivity contribution in [1.29, 1.82) is 0 Å². The van der Waals surface area contributed by atoms with Gasteiger partial charge in [-0.2, -0.15) is 0 Å². The maximum atomic E-state index is 14.4. The van der Waals surface area contributed by atoms with Gasteiger partial charge in [0.15, 0.2) is 0 Å². The van der Waals surface area contributed by atoms with Crippen LogP contribution in [0.4, 0.5) is 5.69 Å². The van der Waals surface area contributed by atoms with Crippen molar-refractivity contribution in [3.05, 3.63) is 82.3 Å². The highest BCUT2D eigenvalue weighted by Gasteiger charge is 2.35. The number of nitrogens with zero attached hydrogens (tertiary/aromatic N) is 2. The van der Waals surface area contributed by atoms with Crippen molar-refractivity contribution in [2.24, 2.45) is 0 Å². The summed E-state index contributed by atoms with van der Waals surface area (Å²) in [4.78, 5) is 29.5. The van der Waals surface area contributed by atoms with Crippen molar-refractivity contribution >= 4 is 50.7 Å². The summed E-state index contributed by atoms with van der Waals surface area (Å²) in [5.41, 5.74) is 0.821. The second-order valence-electron chi connectivity index (χ2n) is 10.9. The highest BCUT2D eigenvalue weighted by Crippen LogP contribution is 2.33. The molecule has 2 amide bonds. The first kappa shape index (κ1) is 34.4. The maximum absolute atomic E-state index is 14.4. The fraction of sp³-hybridized carbons (Fsp3) is 0.394. The smallest absolute Gasteiger partial charge is 0.264 e. The molecule has 1 N–H and O–H groups in total. The van der Waals surface area contributed by atoms with E-state index in [1.165, 1.54) is 43.4 Å². The minimum atomic E-state index is -4.29. The topological polar surface area (TPSA) is 105 Å². The molecule has 0 bridgehead atoms. The Bertz CT molecular complexity index is 1580.